The lowest BCUT2D eigenvalue weighted by Crippen LogP contribution is -2.24. The number of nitrogens with one attached hydrogen (secondary N) is 1. The first kappa shape index (κ1) is 18.0. The van der Waals surface area contributed by atoms with E-state index in [4.69, 9.17) is 9.26 Å². The van der Waals surface area contributed by atoms with E-state index >= 15 is 0 Å². The van der Waals surface area contributed by atoms with Crippen LogP contribution in [0, 0.1) is 11.6 Å². The Morgan fingerprint density at radius 2 is 1.88 bits per heavy atom. The molecule has 26 heavy (non-hydrogen) atoms. The summed E-state index contributed by atoms with van der Waals surface area (Å²) in [5.74, 6) is -0.963. The smallest absolute Gasteiger partial charge is 0.272 e. The molecule has 0 aliphatic carbocycles. The molecule has 0 spiro atoms. The molecular formula is C19H19F2N3O2. The topological polar surface area (TPSA) is 60.2 Å². The van der Waals surface area contributed by atoms with Crippen LogP contribution in [0.25, 0.3) is 0 Å². The second-order valence-electron chi connectivity index (χ2n) is 5.93. The van der Waals surface area contributed by atoms with E-state index in [1.165, 1.54) is 6.07 Å². The highest BCUT2D eigenvalue weighted by molar-refractivity contribution is 5.28. The monoisotopic (exact) mass is 359 g/mol. The average Bonchev–Trinajstić information content (AvgIpc) is 3.11. The van der Waals surface area contributed by atoms with Gasteiger partial charge in [-0.15, -0.1) is 0 Å². The lowest BCUT2D eigenvalue weighted by Gasteiger charge is -2.16. The highest BCUT2D eigenvalue weighted by Crippen LogP contribution is 2.28. The molecule has 0 aliphatic heterocycles. The van der Waals surface area contributed by atoms with Gasteiger partial charge in [0.15, 0.2) is 17.5 Å². The molecule has 3 aromatic rings. The van der Waals surface area contributed by atoms with Crippen LogP contribution in [0.1, 0.15) is 30.3 Å². The van der Waals surface area contributed by atoms with Crippen molar-refractivity contribution < 1.29 is 18.0 Å². The Balaban J connectivity index is 1.90. The van der Waals surface area contributed by atoms with Crippen molar-refractivity contribution in [3.63, 3.8) is 0 Å². The number of nitrogens with zero attached hydrogens (tertiary/aromatic N) is 2. The summed E-state index contributed by atoms with van der Waals surface area (Å²) in [6.07, 6.45) is -0.139. The summed E-state index contributed by atoms with van der Waals surface area (Å²) in [6.45, 7) is 2.00. The molecule has 2 aromatic carbocycles. The number of aromatic nitrogens is 2. The molecular weight excluding hydrogens is 340 g/mol. The maximum absolute atomic E-state index is 13.5. The average molecular weight is 359 g/mol. The van der Waals surface area contributed by atoms with E-state index in [-0.39, 0.29) is 17.7 Å². The highest BCUT2D eigenvalue weighted by Gasteiger charge is 2.24. The van der Waals surface area contributed by atoms with Crippen LogP contribution in [0.5, 0.6) is 5.75 Å². The van der Waals surface area contributed by atoms with Gasteiger partial charge in [0.1, 0.15) is 5.75 Å². The molecule has 2 atom stereocenters. The van der Waals surface area contributed by atoms with E-state index in [2.05, 4.69) is 15.5 Å². The van der Waals surface area contributed by atoms with Gasteiger partial charge in [-0.05, 0) is 26.1 Å². The minimum Gasteiger partial charge on any atom is -0.476 e. The van der Waals surface area contributed by atoms with Gasteiger partial charge in [0.2, 0.25) is 6.10 Å². The van der Waals surface area contributed by atoms with Crippen LogP contribution in [0.2, 0.25) is 0 Å². The zero-order chi connectivity index (χ0) is 18.5. The van der Waals surface area contributed by atoms with Gasteiger partial charge in [-0.25, -0.2) is 8.78 Å². The molecule has 0 bridgehead atoms. The Morgan fingerprint density at radius 3 is 2.58 bits per heavy atom. The van der Waals surface area contributed by atoms with Crippen molar-refractivity contribution in [2.45, 2.75) is 25.5 Å². The van der Waals surface area contributed by atoms with Gasteiger partial charge < -0.3 is 14.6 Å². The van der Waals surface area contributed by atoms with Crippen molar-refractivity contribution in [2.75, 3.05) is 7.05 Å². The van der Waals surface area contributed by atoms with Gasteiger partial charge in [-0.2, -0.15) is 4.98 Å². The summed E-state index contributed by atoms with van der Waals surface area (Å²) in [4.78, 5) is 4.40. The van der Waals surface area contributed by atoms with Crippen LogP contribution in [-0.4, -0.2) is 23.2 Å². The van der Waals surface area contributed by atoms with Crippen LogP contribution >= 0.6 is 0 Å². The molecule has 136 valence electrons. The lowest BCUT2D eigenvalue weighted by atomic mass is 10.1. The molecule has 2 unspecified atom stereocenters. The van der Waals surface area contributed by atoms with Crippen LogP contribution in [-0.2, 0) is 6.42 Å². The molecule has 0 aliphatic rings. The maximum Gasteiger partial charge on any atom is 0.272 e. The molecule has 0 saturated heterocycles. The third-order valence-electron chi connectivity index (χ3n) is 3.94. The van der Waals surface area contributed by atoms with Crippen molar-refractivity contribution in [1.29, 1.82) is 0 Å². The summed E-state index contributed by atoms with van der Waals surface area (Å²) in [7, 11) is 1.85. The first-order valence-corrected chi connectivity index (χ1v) is 8.23. The molecule has 1 heterocycles. The van der Waals surface area contributed by atoms with Crippen LogP contribution in [0.3, 0.4) is 0 Å². The largest absolute Gasteiger partial charge is 0.476 e. The zero-order valence-electron chi connectivity index (χ0n) is 14.4. The number of hydrogen-bond acceptors (Lipinski definition) is 5. The molecule has 7 heteroatoms. The second-order valence-corrected chi connectivity index (χ2v) is 5.93. The molecule has 1 N–H and O–H groups in total. The minimum absolute atomic E-state index is 0.168. The Bertz CT molecular complexity index is 855. The summed E-state index contributed by atoms with van der Waals surface area (Å²) in [5, 5.41) is 7.09. The standard InChI is InChI=1S/C19H19F2N3O2/c1-12(22-2)10-17-23-19(26-24-17)18(13-6-4-3-5-7-13)25-14-8-9-15(20)16(21)11-14/h3-9,11-12,18,22H,10H2,1-2H3. The number of ether oxygens (including phenoxy) is 1. The summed E-state index contributed by atoms with van der Waals surface area (Å²) >= 11 is 0. The second kappa shape index (κ2) is 8.05. The number of likely N-dealkylation sites (N-methyl/N-ethyl adjacent to an activating group) is 1. The quantitative estimate of drug-likeness (QED) is 0.697. The first-order valence-electron chi connectivity index (χ1n) is 8.23. The third kappa shape index (κ3) is 4.23. The Morgan fingerprint density at radius 1 is 1.12 bits per heavy atom. The fourth-order valence-corrected chi connectivity index (χ4v) is 2.41. The number of rotatable bonds is 7. The fraction of sp³-hybridized carbons (Fsp3) is 0.263. The van der Waals surface area contributed by atoms with Crippen molar-refractivity contribution in [3.8, 4) is 5.75 Å². The van der Waals surface area contributed by atoms with Gasteiger partial charge in [0, 0.05) is 24.1 Å². The van der Waals surface area contributed by atoms with Crippen molar-refractivity contribution in [3.05, 3.63) is 77.4 Å². The van der Waals surface area contributed by atoms with Crippen LogP contribution < -0.4 is 10.1 Å². The predicted octanol–water partition coefficient (Wildman–Crippen LogP) is 3.67. The van der Waals surface area contributed by atoms with E-state index in [1.54, 1.807) is 0 Å². The lowest BCUT2D eigenvalue weighted by molar-refractivity contribution is 0.192. The van der Waals surface area contributed by atoms with Crippen LogP contribution in [0.4, 0.5) is 8.78 Å². The fourth-order valence-electron chi connectivity index (χ4n) is 2.41. The van der Waals surface area contributed by atoms with E-state index in [0.717, 1.165) is 17.7 Å². The summed E-state index contributed by atoms with van der Waals surface area (Å²) < 4.78 is 37.9. The molecule has 0 fully saturated rings. The van der Waals surface area contributed by atoms with Crippen LogP contribution in [0.15, 0.2) is 53.1 Å². The van der Waals surface area contributed by atoms with Gasteiger partial charge in [0.05, 0.1) is 0 Å². The maximum atomic E-state index is 13.5. The van der Waals surface area contributed by atoms with Crippen molar-refractivity contribution in [1.82, 2.24) is 15.5 Å². The Hall–Kier alpha value is -2.80. The Kier molecular flexibility index (Phi) is 5.58. The molecule has 0 radical (unpaired) electrons. The highest BCUT2D eigenvalue weighted by atomic mass is 19.2. The molecule has 5 nitrogen and oxygen atoms in total. The summed E-state index contributed by atoms with van der Waals surface area (Å²) in [6, 6.07) is 12.8. The first-order chi connectivity index (χ1) is 12.6. The SMILES string of the molecule is CNC(C)Cc1noc(C(Oc2ccc(F)c(F)c2)c2ccccc2)n1. The number of benzene rings is 2. The number of halogens is 2. The molecule has 0 saturated carbocycles. The van der Waals surface area contributed by atoms with Gasteiger partial charge in [-0.3, -0.25) is 0 Å². The third-order valence-corrected chi connectivity index (χ3v) is 3.94. The van der Waals surface area contributed by atoms with Crippen molar-refractivity contribution in [2.24, 2.45) is 0 Å². The normalized spacial score (nSPS) is 13.4. The van der Waals surface area contributed by atoms with E-state index in [9.17, 15) is 8.78 Å². The predicted molar refractivity (Wildman–Crippen MR) is 91.8 cm³/mol. The number of hydrogen-bond donors (Lipinski definition) is 1. The van der Waals surface area contributed by atoms with E-state index in [1.807, 2.05) is 44.3 Å². The Labute approximate surface area is 150 Å². The van der Waals surface area contributed by atoms with E-state index < -0.39 is 17.7 Å². The molecule has 1 aromatic heterocycles. The zero-order valence-corrected chi connectivity index (χ0v) is 14.4. The van der Waals surface area contributed by atoms with Crippen molar-refractivity contribution >= 4 is 0 Å². The van der Waals surface area contributed by atoms with Gasteiger partial charge >= 0.3 is 0 Å². The van der Waals surface area contributed by atoms with Gasteiger partial charge in [-0.1, -0.05) is 35.5 Å². The summed E-state index contributed by atoms with van der Waals surface area (Å²) in [5.41, 5.74) is 0.758. The minimum atomic E-state index is -0.983. The molecule has 3 rings (SSSR count). The van der Waals surface area contributed by atoms with Gasteiger partial charge in [0.25, 0.3) is 5.89 Å². The molecule has 0 amide bonds. The van der Waals surface area contributed by atoms with E-state index in [0.29, 0.717) is 12.2 Å².